The van der Waals surface area contributed by atoms with Gasteiger partial charge in [-0.2, -0.15) is 0 Å². The van der Waals surface area contributed by atoms with E-state index in [9.17, 15) is 13.2 Å². The largest absolute Gasteiger partial charge is 1.00 e. The zero-order valence-electron chi connectivity index (χ0n) is 23.0. The average molecular weight is 650 g/mol. The van der Waals surface area contributed by atoms with Gasteiger partial charge >= 0.3 is 224 Å². The second kappa shape index (κ2) is 11.3. The number of fused-ring (bicyclic) bond motifs is 3. The molecule has 0 amide bonds. The first-order valence-corrected chi connectivity index (χ1v) is 18.7. The van der Waals surface area contributed by atoms with Crippen molar-refractivity contribution in [3.63, 3.8) is 0 Å². The molecule has 6 heteroatoms. The molecule has 0 bridgehead atoms. The standard InChI is InChI=1S/C13H9.C12H19.C7H4F3.CH2.2ClH.Zr/c1-3-7-12-10(5-1)9-11-6-2-4-8-13(11)12;1-6-10-7-9(2)8-11(10)12(3,4)5;8-7(9,10)6-4-2-1-3-5-6;;;;/h1-9H;8-9H,6H2,1-5H3;2-5H;1H2;2*1H;/q;;;;;;+2/p-2. The van der Waals surface area contributed by atoms with Crippen LogP contribution >= 0.6 is 0 Å². The molecule has 205 valence electrons. The van der Waals surface area contributed by atoms with Crippen molar-refractivity contribution < 1.29 is 57.8 Å². The summed E-state index contributed by atoms with van der Waals surface area (Å²) in [5.41, 5.74) is 7.14. The summed E-state index contributed by atoms with van der Waals surface area (Å²) in [5.74, 6) is 0.208. The average Bonchev–Trinajstić information content (AvgIpc) is 3.38. The maximum absolute atomic E-state index is 13.6. The zero-order valence-corrected chi connectivity index (χ0v) is 26.9. The van der Waals surface area contributed by atoms with Gasteiger partial charge in [0, 0.05) is 0 Å². The van der Waals surface area contributed by atoms with Crippen LogP contribution in [0.3, 0.4) is 0 Å². The molecule has 0 spiro atoms. The number of allylic oxidation sites excluding steroid dienone is 4. The summed E-state index contributed by atoms with van der Waals surface area (Å²) < 4.78 is 48.4. The molecule has 3 aromatic rings. The van der Waals surface area contributed by atoms with Gasteiger partial charge in [-0.3, -0.25) is 0 Å². The first-order valence-electron chi connectivity index (χ1n) is 13.1. The molecule has 3 aromatic carbocycles. The van der Waals surface area contributed by atoms with Crippen LogP contribution in [-0.2, 0) is 26.0 Å². The summed E-state index contributed by atoms with van der Waals surface area (Å²) in [7, 11) is 0. The molecule has 2 unspecified atom stereocenters. The van der Waals surface area contributed by atoms with Crippen LogP contribution in [-0.4, -0.2) is 4.21 Å². The maximum Gasteiger partial charge on any atom is -1.00 e. The van der Waals surface area contributed by atoms with E-state index in [1.54, 1.807) is 12.1 Å². The van der Waals surface area contributed by atoms with Gasteiger partial charge in [-0.05, 0) is 0 Å². The van der Waals surface area contributed by atoms with Crippen LogP contribution < -0.4 is 28.1 Å². The molecule has 39 heavy (non-hydrogen) atoms. The third kappa shape index (κ3) is 5.23. The predicted molar refractivity (Wildman–Crippen MR) is 146 cm³/mol. The second-order valence-corrected chi connectivity index (χ2v) is 20.5. The first-order chi connectivity index (χ1) is 17.4. The van der Waals surface area contributed by atoms with Crippen molar-refractivity contribution in [2.24, 2.45) is 11.3 Å². The SMILES string of the molecule is [CH2]=[Zr+2]([C]1=C(CC)C(C(C)(C)C)=CC1C)([c]1ccc(C(F)(F)F)cc1)[CH]1c2ccccc2-c2ccccc21.[Cl-].[Cl-]. The molecule has 0 saturated heterocycles. The van der Waals surface area contributed by atoms with E-state index in [0.29, 0.717) is 0 Å². The predicted octanol–water partition coefficient (Wildman–Crippen LogP) is 2.98. The van der Waals surface area contributed by atoms with Crippen molar-refractivity contribution in [1.29, 1.82) is 0 Å². The molecule has 5 rings (SSSR count). The van der Waals surface area contributed by atoms with Crippen molar-refractivity contribution >= 4 is 7.48 Å². The number of rotatable bonds is 4. The Morgan fingerprint density at radius 3 is 1.72 bits per heavy atom. The van der Waals surface area contributed by atoms with E-state index >= 15 is 0 Å². The summed E-state index contributed by atoms with van der Waals surface area (Å²) >= 11 is -3.98. The Balaban J connectivity index is 0.00000210. The van der Waals surface area contributed by atoms with E-state index in [-0.39, 0.29) is 39.8 Å². The molecule has 0 aliphatic heterocycles. The molecule has 0 saturated carbocycles. The minimum absolute atomic E-state index is 0. The van der Waals surface area contributed by atoms with Gasteiger partial charge in [0.2, 0.25) is 0 Å². The number of halogens is 5. The van der Waals surface area contributed by atoms with Gasteiger partial charge in [0.25, 0.3) is 0 Å². The summed E-state index contributed by atoms with van der Waals surface area (Å²) in [4.78, 5) is 0. The van der Waals surface area contributed by atoms with E-state index in [0.717, 1.165) is 9.69 Å². The fraction of sp³-hybridized carbons (Fsp3) is 0.303. The number of hydrogen-bond acceptors (Lipinski definition) is 0. The van der Waals surface area contributed by atoms with Crippen LogP contribution in [0.2, 0.25) is 0 Å². The fourth-order valence-corrected chi connectivity index (χ4v) is 19.1. The summed E-state index contributed by atoms with van der Waals surface area (Å²) in [6, 6.07) is 23.1. The smallest absolute Gasteiger partial charge is 1.00 e. The second-order valence-electron chi connectivity index (χ2n) is 11.5. The van der Waals surface area contributed by atoms with Gasteiger partial charge in [-0.1, -0.05) is 0 Å². The summed E-state index contributed by atoms with van der Waals surface area (Å²) in [6.07, 6.45) is -1.06. The third-order valence-corrected chi connectivity index (χ3v) is 19.7. The fourth-order valence-electron chi connectivity index (χ4n) is 6.73. The molecular formula is C33H34Cl2F3Zr. The van der Waals surface area contributed by atoms with Crippen molar-refractivity contribution in [3.8, 4) is 11.1 Å². The van der Waals surface area contributed by atoms with Crippen molar-refractivity contribution in [2.45, 2.75) is 50.8 Å². The van der Waals surface area contributed by atoms with Gasteiger partial charge in [0.15, 0.2) is 0 Å². The monoisotopic (exact) mass is 647 g/mol. The molecule has 0 N–H and O–H groups in total. The first kappa shape index (κ1) is 31.8. The number of hydrogen-bond donors (Lipinski definition) is 0. The quantitative estimate of drug-likeness (QED) is 0.408. The summed E-state index contributed by atoms with van der Waals surface area (Å²) in [6.45, 7) is 11.2. The van der Waals surface area contributed by atoms with Crippen LogP contribution in [0.15, 0.2) is 93.3 Å². The van der Waals surface area contributed by atoms with E-state index in [2.05, 4.69) is 89.2 Å². The van der Waals surface area contributed by atoms with E-state index in [1.807, 2.05) is 0 Å². The van der Waals surface area contributed by atoms with Gasteiger partial charge in [0.05, 0.1) is 0 Å². The minimum atomic E-state index is -4.36. The molecular weight excluding hydrogens is 615 g/mol. The Hall–Kier alpha value is -1.74. The Bertz CT molecular complexity index is 1430. The zero-order chi connectivity index (χ0) is 26.8. The van der Waals surface area contributed by atoms with Gasteiger partial charge in [0.1, 0.15) is 0 Å². The van der Waals surface area contributed by atoms with Gasteiger partial charge in [-0.15, -0.1) is 0 Å². The molecule has 0 nitrogen and oxygen atoms in total. The molecule has 2 atom stereocenters. The normalized spacial score (nSPS) is 17.6. The van der Waals surface area contributed by atoms with Crippen LogP contribution in [0.5, 0.6) is 0 Å². The van der Waals surface area contributed by atoms with Crippen LogP contribution in [0.1, 0.15) is 61.4 Å². The Kier molecular flexibility index (Phi) is 9.18. The molecule has 0 heterocycles. The number of benzene rings is 3. The molecule has 0 aromatic heterocycles. The van der Waals surface area contributed by atoms with Gasteiger partial charge < -0.3 is 24.8 Å². The summed E-state index contributed by atoms with van der Waals surface area (Å²) in [5, 5.41) is 0. The van der Waals surface area contributed by atoms with Gasteiger partial charge in [-0.25, -0.2) is 0 Å². The van der Waals surface area contributed by atoms with E-state index < -0.39 is 31.5 Å². The maximum atomic E-state index is 13.6. The van der Waals surface area contributed by atoms with E-state index in [1.165, 1.54) is 48.8 Å². The van der Waals surface area contributed by atoms with Crippen LogP contribution in [0.25, 0.3) is 11.1 Å². The van der Waals surface area contributed by atoms with Crippen molar-refractivity contribution in [3.05, 3.63) is 110 Å². The van der Waals surface area contributed by atoms with Crippen LogP contribution in [0.4, 0.5) is 13.2 Å². The van der Waals surface area contributed by atoms with Crippen molar-refractivity contribution in [2.75, 3.05) is 0 Å². The molecule has 2 aliphatic carbocycles. The van der Waals surface area contributed by atoms with Crippen LogP contribution in [0, 0.1) is 11.3 Å². The topological polar surface area (TPSA) is 0 Å². The Morgan fingerprint density at radius 2 is 1.28 bits per heavy atom. The minimum Gasteiger partial charge on any atom is -1.00 e. The molecule has 0 radical (unpaired) electrons. The number of alkyl halides is 3. The molecule has 2 aliphatic rings. The van der Waals surface area contributed by atoms with E-state index in [4.69, 9.17) is 4.21 Å². The molecule has 0 fully saturated rings. The Labute approximate surface area is 247 Å². The third-order valence-electron chi connectivity index (χ3n) is 8.22. The van der Waals surface area contributed by atoms with Crippen molar-refractivity contribution in [1.82, 2.24) is 0 Å². The Morgan fingerprint density at radius 1 is 0.795 bits per heavy atom.